The highest BCUT2D eigenvalue weighted by atomic mass is 19.1. The summed E-state index contributed by atoms with van der Waals surface area (Å²) in [6, 6.07) is 4.46. The van der Waals surface area contributed by atoms with E-state index in [9.17, 15) is 4.39 Å². The predicted octanol–water partition coefficient (Wildman–Crippen LogP) is 2.87. The van der Waals surface area contributed by atoms with Crippen LogP contribution < -0.4 is 0 Å². The van der Waals surface area contributed by atoms with E-state index in [0.717, 1.165) is 11.8 Å². The molecule has 0 bridgehead atoms. The zero-order chi connectivity index (χ0) is 9.68. The summed E-state index contributed by atoms with van der Waals surface area (Å²) in [5, 5.41) is 14.1. The van der Waals surface area contributed by atoms with Crippen molar-refractivity contribution < 1.29 is 4.39 Å². The Morgan fingerprint density at radius 2 is 2.23 bits per heavy atom. The second-order valence-electron chi connectivity index (χ2n) is 2.61. The Morgan fingerprint density at radius 1 is 1.46 bits per heavy atom. The number of halogens is 1. The minimum absolute atomic E-state index is 0.232. The van der Waals surface area contributed by atoms with Gasteiger partial charge >= 0.3 is 0 Å². The number of nitrogens with zero attached hydrogens (tertiary/aromatic N) is 2. The summed E-state index contributed by atoms with van der Waals surface area (Å²) in [5.74, 6) is -0.316. The maximum absolute atomic E-state index is 12.8. The van der Waals surface area contributed by atoms with Gasteiger partial charge in [0.05, 0.1) is 12.2 Å². The second kappa shape index (κ2) is 4.45. The molecule has 0 amide bonds. The van der Waals surface area contributed by atoms with Crippen LogP contribution in [0.15, 0.2) is 28.4 Å². The molecular formula is C9H10FN3. The summed E-state index contributed by atoms with van der Waals surface area (Å²) in [6.45, 7) is 2.02. The van der Waals surface area contributed by atoms with E-state index in [0.29, 0.717) is 5.69 Å². The first kappa shape index (κ1) is 9.51. The Labute approximate surface area is 75.8 Å². The third-order valence-corrected chi connectivity index (χ3v) is 1.39. The van der Waals surface area contributed by atoms with Crippen molar-refractivity contribution >= 4 is 11.9 Å². The highest BCUT2D eigenvalue weighted by Crippen LogP contribution is 2.16. The van der Waals surface area contributed by atoms with Crippen LogP contribution in [0.2, 0.25) is 0 Å². The molecule has 0 unspecified atom stereocenters. The fraction of sp³-hybridized carbons (Fsp3) is 0.222. The largest absolute Gasteiger partial charge is 0.311 e. The smallest absolute Gasteiger partial charge is 0.125 e. The summed E-state index contributed by atoms with van der Waals surface area (Å²) in [7, 11) is 0. The zero-order valence-corrected chi connectivity index (χ0v) is 7.29. The van der Waals surface area contributed by atoms with Crippen LogP contribution >= 0.6 is 0 Å². The molecule has 0 saturated heterocycles. The molecule has 0 aliphatic rings. The quantitative estimate of drug-likeness (QED) is 0.548. The van der Waals surface area contributed by atoms with Crippen molar-refractivity contribution in [3.63, 3.8) is 0 Å². The molecule has 1 rings (SSSR count). The van der Waals surface area contributed by atoms with Gasteiger partial charge in [0.1, 0.15) is 5.82 Å². The van der Waals surface area contributed by atoms with Gasteiger partial charge in [0.2, 0.25) is 0 Å². The molecule has 0 aliphatic carbocycles. The lowest BCUT2D eigenvalue weighted by Gasteiger charge is -1.95. The summed E-state index contributed by atoms with van der Waals surface area (Å²) in [6.07, 6.45) is 1.13. The lowest BCUT2D eigenvalue weighted by Crippen LogP contribution is -1.78. The van der Waals surface area contributed by atoms with Crippen LogP contribution in [0.1, 0.15) is 5.56 Å². The molecule has 4 heteroatoms. The van der Waals surface area contributed by atoms with Crippen LogP contribution in [0.25, 0.3) is 0 Å². The van der Waals surface area contributed by atoms with E-state index in [1.807, 2.05) is 0 Å². The first-order chi connectivity index (χ1) is 6.22. The van der Waals surface area contributed by atoms with E-state index < -0.39 is 0 Å². The van der Waals surface area contributed by atoms with Crippen molar-refractivity contribution in [2.75, 3.05) is 6.54 Å². The van der Waals surface area contributed by atoms with Gasteiger partial charge in [0, 0.05) is 12.3 Å². The normalized spacial score (nSPS) is 10.6. The first-order valence-electron chi connectivity index (χ1n) is 3.86. The van der Waals surface area contributed by atoms with Crippen molar-refractivity contribution in [3.05, 3.63) is 29.6 Å². The number of azo groups is 1. The Hall–Kier alpha value is -1.58. The average Bonchev–Trinajstić information content (AvgIpc) is 2.03. The van der Waals surface area contributed by atoms with Gasteiger partial charge in [-0.25, -0.2) is 4.39 Å². The first-order valence-corrected chi connectivity index (χ1v) is 3.86. The van der Waals surface area contributed by atoms with Crippen LogP contribution in [0, 0.1) is 18.2 Å². The molecule has 0 aromatic heterocycles. The van der Waals surface area contributed by atoms with Crippen molar-refractivity contribution in [2.24, 2.45) is 10.2 Å². The van der Waals surface area contributed by atoms with E-state index in [-0.39, 0.29) is 12.4 Å². The number of hydrogen-bond acceptors (Lipinski definition) is 3. The fourth-order valence-corrected chi connectivity index (χ4v) is 0.938. The van der Waals surface area contributed by atoms with Crippen LogP contribution in [-0.4, -0.2) is 12.8 Å². The van der Waals surface area contributed by atoms with Gasteiger partial charge in [-0.3, -0.25) is 0 Å². The molecule has 1 aromatic carbocycles. The number of rotatable bonds is 3. The van der Waals surface area contributed by atoms with Crippen LogP contribution in [0.4, 0.5) is 10.1 Å². The minimum atomic E-state index is -0.316. The third kappa shape index (κ3) is 3.11. The summed E-state index contributed by atoms with van der Waals surface area (Å²) >= 11 is 0. The Kier molecular flexibility index (Phi) is 3.25. The van der Waals surface area contributed by atoms with Gasteiger partial charge in [0.15, 0.2) is 0 Å². The number of hydrogen-bond donors (Lipinski definition) is 1. The van der Waals surface area contributed by atoms with Crippen molar-refractivity contribution in [1.82, 2.24) is 0 Å². The molecule has 13 heavy (non-hydrogen) atoms. The monoisotopic (exact) mass is 179 g/mol. The highest BCUT2D eigenvalue weighted by Gasteiger charge is 1.95. The van der Waals surface area contributed by atoms with Crippen LogP contribution in [-0.2, 0) is 0 Å². The summed E-state index contributed by atoms with van der Waals surface area (Å²) < 4.78 is 12.8. The Balaban J connectivity index is 2.82. The van der Waals surface area contributed by atoms with Gasteiger partial charge in [-0.2, -0.15) is 10.2 Å². The van der Waals surface area contributed by atoms with Crippen molar-refractivity contribution in [1.29, 1.82) is 5.41 Å². The van der Waals surface area contributed by atoms with E-state index in [1.165, 1.54) is 12.1 Å². The molecule has 1 N–H and O–H groups in total. The van der Waals surface area contributed by atoms with Gasteiger partial charge in [-0.1, -0.05) is 0 Å². The van der Waals surface area contributed by atoms with Gasteiger partial charge in [-0.15, -0.1) is 0 Å². The molecule has 1 aromatic rings. The summed E-state index contributed by atoms with van der Waals surface area (Å²) in [5.41, 5.74) is 1.29. The molecule has 0 spiro atoms. The molecule has 0 atom stereocenters. The van der Waals surface area contributed by atoms with Crippen LogP contribution in [0.5, 0.6) is 0 Å². The topological polar surface area (TPSA) is 48.6 Å². The van der Waals surface area contributed by atoms with Crippen molar-refractivity contribution in [3.8, 4) is 0 Å². The highest BCUT2D eigenvalue weighted by molar-refractivity contribution is 5.55. The second-order valence-corrected chi connectivity index (χ2v) is 2.61. The van der Waals surface area contributed by atoms with Gasteiger partial charge in [0.25, 0.3) is 0 Å². The third-order valence-electron chi connectivity index (χ3n) is 1.39. The molecule has 0 radical (unpaired) electrons. The predicted molar refractivity (Wildman–Crippen MR) is 49.3 cm³/mol. The van der Waals surface area contributed by atoms with E-state index >= 15 is 0 Å². The number of aryl methyl sites for hydroxylation is 1. The maximum atomic E-state index is 12.8. The molecule has 0 saturated carbocycles. The number of benzene rings is 1. The molecule has 68 valence electrons. The lowest BCUT2D eigenvalue weighted by molar-refractivity contribution is 0.626. The van der Waals surface area contributed by atoms with Crippen molar-refractivity contribution in [2.45, 2.75) is 6.92 Å². The Bertz CT molecular complexity index is 313. The molecule has 0 fully saturated rings. The maximum Gasteiger partial charge on any atom is 0.125 e. The van der Waals surface area contributed by atoms with E-state index in [2.05, 4.69) is 10.2 Å². The lowest BCUT2D eigenvalue weighted by atomic mass is 10.2. The fourth-order valence-electron chi connectivity index (χ4n) is 0.938. The van der Waals surface area contributed by atoms with Crippen LogP contribution in [0.3, 0.4) is 0 Å². The summed E-state index contributed by atoms with van der Waals surface area (Å²) in [4.78, 5) is 0. The molecule has 0 heterocycles. The molecule has 0 aliphatic heterocycles. The Morgan fingerprint density at radius 3 is 2.85 bits per heavy atom. The van der Waals surface area contributed by atoms with E-state index in [1.54, 1.807) is 13.0 Å². The molecule has 3 nitrogen and oxygen atoms in total. The molecular weight excluding hydrogens is 169 g/mol. The number of nitrogens with one attached hydrogen (secondary N) is 1. The van der Waals surface area contributed by atoms with Gasteiger partial charge in [-0.05, 0) is 24.6 Å². The zero-order valence-electron chi connectivity index (χ0n) is 7.29. The minimum Gasteiger partial charge on any atom is -0.311 e. The van der Waals surface area contributed by atoms with E-state index in [4.69, 9.17) is 5.41 Å². The van der Waals surface area contributed by atoms with Gasteiger partial charge < -0.3 is 5.41 Å². The average molecular weight is 179 g/mol. The standard InChI is InChI=1S/C9H10FN3/c1-7-4-8(10)6-9(5-7)13-12-3-2-11/h2,4-6,11H,3H2,1H3. The SMILES string of the molecule is Cc1cc(F)cc(N=NCC=N)c1.